The van der Waals surface area contributed by atoms with Crippen molar-refractivity contribution in [2.24, 2.45) is 0 Å². The van der Waals surface area contributed by atoms with Gasteiger partial charge in [-0.15, -0.1) is 23.1 Å². The van der Waals surface area contributed by atoms with E-state index in [4.69, 9.17) is 0 Å². The summed E-state index contributed by atoms with van der Waals surface area (Å²) < 4.78 is 0. The minimum atomic E-state index is 0.0285. The molecule has 1 aromatic carbocycles. The van der Waals surface area contributed by atoms with Gasteiger partial charge in [-0.05, 0) is 57.5 Å². The first-order valence-electron chi connectivity index (χ1n) is 8.28. The fourth-order valence-electron chi connectivity index (χ4n) is 2.87. The number of hydrogen-bond donors (Lipinski definition) is 2. The molecule has 2 unspecified atom stereocenters. The lowest BCUT2D eigenvalue weighted by atomic mass is 10.0. The number of aryl methyl sites for hydroxylation is 1. The van der Waals surface area contributed by atoms with Crippen LogP contribution in [0.2, 0.25) is 0 Å². The molecule has 2 heterocycles. The normalized spacial score (nSPS) is 20.8. The molecule has 0 aliphatic carbocycles. The number of benzene rings is 1. The molecule has 6 heteroatoms. The first kappa shape index (κ1) is 17.5. The number of carbonyl (C=O) groups is 1. The molecule has 3 rings (SSSR count). The number of thioether (sulfide) groups is 1. The molecule has 24 heavy (non-hydrogen) atoms. The largest absolute Gasteiger partial charge is 0.349 e. The average Bonchev–Trinajstić information content (AvgIpc) is 2.99. The van der Waals surface area contributed by atoms with E-state index in [0.29, 0.717) is 6.04 Å². The van der Waals surface area contributed by atoms with Crippen LogP contribution in [0.3, 0.4) is 0 Å². The van der Waals surface area contributed by atoms with E-state index in [0.717, 1.165) is 46.3 Å². The van der Waals surface area contributed by atoms with Gasteiger partial charge in [-0.1, -0.05) is 0 Å². The summed E-state index contributed by atoms with van der Waals surface area (Å²) in [5, 5.41) is 9.76. The molecule has 1 aliphatic heterocycles. The van der Waals surface area contributed by atoms with Crippen LogP contribution < -0.4 is 10.6 Å². The van der Waals surface area contributed by atoms with Gasteiger partial charge >= 0.3 is 0 Å². The van der Waals surface area contributed by atoms with Gasteiger partial charge in [0.25, 0.3) is 5.91 Å². The Labute approximate surface area is 151 Å². The summed E-state index contributed by atoms with van der Waals surface area (Å²) in [4.78, 5) is 18.0. The van der Waals surface area contributed by atoms with Gasteiger partial charge < -0.3 is 10.6 Å². The van der Waals surface area contributed by atoms with Crippen molar-refractivity contribution in [3.63, 3.8) is 0 Å². The highest BCUT2D eigenvalue weighted by atomic mass is 32.2. The highest BCUT2D eigenvalue weighted by molar-refractivity contribution is 7.98. The van der Waals surface area contributed by atoms with E-state index in [9.17, 15) is 4.79 Å². The summed E-state index contributed by atoms with van der Waals surface area (Å²) in [6.07, 6.45) is 1.99. The highest BCUT2D eigenvalue weighted by Crippen LogP contribution is 2.24. The summed E-state index contributed by atoms with van der Waals surface area (Å²) in [6.45, 7) is 5.15. The number of thiazole rings is 1. The number of nitrogens with one attached hydrogen (secondary N) is 2. The number of nitrogens with zero attached hydrogens (tertiary/aromatic N) is 1. The zero-order chi connectivity index (χ0) is 16.9. The zero-order valence-electron chi connectivity index (χ0n) is 14.0. The molecule has 2 aromatic rings. The van der Waals surface area contributed by atoms with Gasteiger partial charge in [-0.3, -0.25) is 4.79 Å². The standard InChI is InChI=1S/C18H23N3OS2/c1-12-9-15(7-8-19-12)21-18(22)14-3-5-17(6-4-14)24-11-16-10-23-13(2)20-16/h3-6,10,12,15,19H,7-9,11H2,1-2H3,(H,21,22). The van der Waals surface area contributed by atoms with E-state index in [2.05, 4.69) is 27.9 Å². The van der Waals surface area contributed by atoms with Gasteiger partial charge in [0.2, 0.25) is 0 Å². The number of piperidine rings is 1. The predicted octanol–water partition coefficient (Wildman–Crippen LogP) is 3.61. The molecule has 0 spiro atoms. The Kier molecular flexibility index (Phi) is 5.92. The van der Waals surface area contributed by atoms with Crippen LogP contribution in [0, 0.1) is 6.92 Å². The lowest BCUT2D eigenvalue weighted by Crippen LogP contribution is -2.46. The van der Waals surface area contributed by atoms with Crippen molar-refractivity contribution in [3.8, 4) is 0 Å². The Bertz CT molecular complexity index is 684. The number of hydrogen-bond acceptors (Lipinski definition) is 5. The minimum Gasteiger partial charge on any atom is -0.349 e. The number of carbonyl (C=O) groups excluding carboxylic acids is 1. The molecule has 0 saturated carbocycles. The van der Waals surface area contributed by atoms with Gasteiger partial charge in [0.15, 0.2) is 0 Å². The van der Waals surface area contributed by atoms with E-state index >= 15 is 0 Å². The smallest absolute Gasteiger partial charge is 0.251 e. The van der Waals surface area contributed by atoms with E-state index in [1.54, 1.807) is 23.1 Å². The molecule has 0 bridgehead atoms. The molecule has 4 nitrogen and oxygen atoms in total. The van der Waals surface area contributed by atoms with Crippen molar-refractivity contribution < 1.29 is 4.79 Å². The third-order valence-corrected chi connectivity index (χ3v) is 6.00. The second-order valence-electron chi connectivity index (χ2n) is 6.22. The van der Waals surface area contributed by atoms with E-state index in [1.165, 1.54) is 0 Å². The highest BCUT2D eigenvalue weighted by Gasteiger charge is 2.20. The average molecular weight is 362 g/mol. The number of amides is 1. The summed E-state index contributed by atoms with van der Waals surface area (Å²) in [5.74, 6) is 0.892. The quantitative estimate of drug-likeness (QED) is 0.799. The Balaban J connectivity index is 1.52. The molecule has 2 N–H and O–H groups in total. The summed E-state index contributed by atoms with van der Waals surface area (Å²) in [6, 6.07) is 8.60. The monoisotopic (exact) mass is 361 g/mol. The third-order valence-electron chi connectivity index (χ3n) is 4.13. The van der Waals surface area contributed by atoms with Crippen molar-refractivity contribution in [1.29, 1.82) is 0 Å². The van der Waals surface area contributed by atoms with Crippen molar-refractivity contribution in [2.45, 2.75) is 49.4 Å². The van der Waals surface area contributed by atoms with Crippen LogP contribution in [-0.2, 0) is 5.75 Å². The van der Waals surface area contributed by atoms with Gasteiger partial charge in [0.05, 0.1) is 10.7 Å². The molecule has 1 aromatic heterocycles. The van der Waals surface area contributed by atoms with Crippen LogP contribution >= 0.6 is 23.1 Å². The van der Waals surface area contributed by atoms with Crippen LogP contribution in [0.25, 0.3) is 0 Å². The van der Waals surface area contributed by atoms with Crippen molar-refractivity contribution in [2.75, 3.05) is 6.54 Å². The fraction of sp³-hybridized carbons (Fsp3) is 0.444. The number of rotatable bonds is 5. The molecule has 128 valence electrons. The Morgan fingerprint density at radius 2 is 2.21 bits per heavy atom. The van der Waals surface area contributed by atoms with Crippen LogP contribution in [-0.4, -0.2) is 29.5 Å². The number of aromatic nitrogens is 1. The van der Waals surface area contributed by atoms with E-state index < -0.39 is 0 Å². The third kappa shape index (κ3) is 4.82. The Hall–Kier alpha value is -1.37. The second-order valence-corrected chi connectivity index (χ2v) is 8.33. The van der Waals surface area contributed by atoms with Crippen molar-refractivity contribution >= 4 is 29.0 Å². The summed E-state index contributed by atoms with van der Waals surface area (Å²) in [5.41, 5.74) is 1.85. The van der Waals surface area contributed by atoms with E-state index in [1.807, 2.05) is 31.2 Å². The van der Waals surface area contributed by atoms with Crippen molar-refractivity contribution in [1.82, 2.24) is 15.6 Å². The molecular formula is C18H23N3OS2. The molecular weight excluding hydrogens is 338 g/mol. The predicted molar refractivity (Wildman–Crippen MR) is 101 cm³/mol. The van der Waals surface area contributed by atoms with Gasteiger partial charge in [-0.2, -0.15) is 0 Å². The van der Waals surface area contributed by atoms with Crippen LogP contribution in [0.5, 0.6) is 0 Å². The van der Waals surface area contributed by atoms with Crippen LogP contribution in [0.1, 0.15) is 40.8 Å². The fourth-order valence-corrected chi connectivity index (χ4v) is 4.38. The maximum absolute atomic E-state index is 12.4. The maximum Gasteiger partial charge on any atom is 0.251 e. The van der Waals surface area contributed by atoms with Crippen molar-refractivity contribution in [3.05, 3.63) is 45.9 Å². The molecule has 1 saturated heterocycles. The van der Waals surface area contributed by atoms with Gasteiger partial charge in [-0.25, -0.2) is 4.98 Å². The zero-order valence-corrected chi connectivity index (χ0v) is 15.7. The summed E-state index contributed by atoms with van der Waals surface area (Å²) in [7, 11) is 0. The molecule has 1 fully saturated rings. The SMILES string of the molecule is Cc1nc(CSc2ccc(C(=O)NC3CCNC(C)C3)cc2)cs1. The minimum absolute atomic E-state index is 0.0285. The van der Waals surface area contributed by atoms with Crippen LogP contribution in [0.15, 0.2) is 34.5 Å². The first-order valence-corrected chi connectivity index (χ1v) is 10.1. The molecule has 2 atom stereocenters. The molecule has 1 amide bonds. The Morgan fingerprint density at radius 3 is 2.88 bits per heavy atom. The second kappa shape index (κ2) is 8.14. The van der Waals surface area contributed by atoms with Gasteiger partial charge in [0, 0.05) is 33.7 Å². The lowest BCUT2D eigenvalue weighted by molar-refractivity contribution is 0.0925. The van der Waals surface area contributed by atoms with E-state index in [-0.39, 0.29) is 11.9 Å². The van der Waals surface area contributed by atoms with Gasteiger partial charge in [0.1, 0.15) is 0 Å². The lowest BCUT2D eigenvalue weighted by Gasteiger charge is -2.28. The molecule has 0 radical (unpaired) electrons. The molecule has 1 aliphatic rings. The Morgan fingerprint density at radius 1 is 1.42 bits per heavy atom. The first-order chi connectivity index (χ1) is 11.6. The maximum atomic E-state index is 12.4. The summed E-state index contributed by atoms with van der Waals surface area (Å²) >= 11 is 3.43. The topological polar surface area (TPSA) is 54.0 Å². The van der Waals surface area contributed by atoms with Crippen LogP contribution in [0.4, 0.5) is 0 Å².